The Kier molecular flexibility index (Phi) is 3.75. The molecule has 4 nitrogen and oxygen atoms in total. The van der Waals surface area contributed by atoms with E-state index in [0.29, 0.717) is 11.3 Å². The topological polar surface area (TPSA) is 47.6 Å². The van der Waals surface area contributed by atoms with Gasteiger partial charge in [0.1, 0.15) is 11.5 Å². The lowest BCUT2D eigenvalue weighted by molar-refractivity contribution is 0.0930. The van der Waals surface area contributed by atoms with Crippen LogP contribution in [-0.4, -0.2) is 20.1 Å². The zero-order valence-electron chi connectivity index (χ0n) is 12.8. The minimum absolute atomic E-state index is 0.0766. The van der Waals surface area contributed by atoms with E-state index in [0.717, 1.165) is 24.2 Å². The van der Waals surface area contributed by atoms with E-state index in [1.807, 2.05) is 36.4 Å². The number of carbonyl (C=O) groups excluding carboxylic acids is 1. The standard InChI is InChI=1S/C18H19NO3/c1-21-15-8-6-14(7-9-15)18(10-11-18)19-17(20)13-4-3-5-16(12-13)22-2/h3-9,12H,10-11H2,1-2H3,(H,19,20). The van der Waals surface area contributed by atoms with Gasteiger partial charge in [0.2, 0.25) is 0 Å². The van der Waals surface area contributed by atoms with Crippen LogP contribution < -0.4 is 14.8 Å². The van der Waals surface area contributed by atoms with Gasteiger partial charge in [-0.05, 0) is 48.7 Å². The third-order valence-corrected chi connectivity index (χ3v) is 4.08. The quantitative estimate of drug-likeness (QED) is 0.922. The summed E-state index contributed by atoms with van der Waals surface area (Å²) in [6.07, 6.45) is 1.91. The molecule has 4 heteroatoms. The molecule has 0 spiro atoms. The third-order valence-electron chi connectivity index (χ3n) is 4.08. The molecule has 0 radical (unpaired) electrons. The number of carbonyl (C=O) groups is 1. The van der Waals surface area contributed by atoms with Gasteiger partial charge in [-0.1, -0.05) is 18.2 Å². The zero-order valence-corrected chi connectivity index (χ0v) is 12.8. The van der Waals surface area contributed by atoms with Crippen LogP contribution >= 0.6 is 0 Å². The van der Waals surface area contributed by atoms with Crippen LogP contribution in [0.25, 0.3) is 0 Å². The van der Waals surface area contributed by atoms with Crippen molar-refractivity contribution in [3.63, 3.8) is 0 Å². The van der Waals surface area contributed by atoms with Crippen LogP contribution in [0.4, 0.5) is 0 Å². The fraction of sp³-hybridized carbons (Fsp3) is 0.278. The number of methoxy groups -OCH3 is 2. The minimum Gasteiger partial charge on any atom is -0.497 e. The molecule has 1 aliphatic carbocycles. The Bertz CT molecular complexity index is 675. The summed E-state index contributed by atoms with van der Waals surface area (Å²) in [7, 11) is 3.24. The third kappa shape index (κ3) is 2.77. The highest BCUT2D eigenvalue weighted by atomic mass is 16.5. The summed E-state index contributed by atoms with van der Waals surface area (Å²) in [4.78, 5) is 12.5. The Labute approximate surface area is 130 Å². The van der Waals surface area contributed by atoms with Crippen LogP contribution in [0.2, 0.25) is 0 Å². The molecule has 1 N–H and O–H groups in total. The van der Waals surface area contributed by atoms with Gasteiger partial charge < -0.3 is 14.8 Å². The smallest absolute Gasteiger partial charge is 0.252 e. The van der Waals surface area contributed by atoms with Crippen LogP contribution in [0.15, 0.2) is 48.5 Å². The van der Waals surface area contributed by atoms with Crippen LogP contribution in [0.5, 0.6) is 11.5 Å². The van der Waals surface area contributed by atoms with Crippen molar-refractivity contribution in [2.24, 2.45) is 0 Å². The highest BCUT2D eigenvalue weighted by Gasteiger charge is 2.45. The zero-order chi connectivity index (χ0) is 15.6. The number of benzene rings is 2. The molecule has 0 aromatic heterocycles. The summed E-state index contributed by atoms with van der Waals surface area (Å²) in [5.74, 6) is 1.42. The van der Waals surface area contributed by atoms with E-state index in [1.165, 1.54) is 0 Å². The minimum atomic E-state index is -0.244. The largest absolute Gasteiger partial charge is 0.497 e. The van der Waals surface area contributed by atoms with Gasteiger partial charge in [0, 0.05) is 5.56 Å². The average Bonchev–Trinajstić information content (AvgIpc) is 3.35. The normalized spacial score (nSPS) is 15.0. The Hall–Kier alpha value is -2.49. The number of rotatable bonds is 5. The lowest BCUT2D eigenvalue weighted by atomic mass is 10.0. The molecule has 0 unspecified atom stereocenters. The molecular formula is C18H19NO3. The average molecular weight is 297 g/mol. The van der Waals surface area contributed by atoms with E-state index >= 15 is 0 Å². The van der Waals surface area contributed by atoms with E-state index in [4.69, 9.17) is 9.47 Å². The first-order chi connectivity index (χ1) is 10.7. The molecule has 0 bridgehead atoms. The van der Waals surface area contributed by atoms with Gasteiger partial charge in [0.25, 0.3) is 5.91 Å². The van der Waals surface area contributed by atoms with Gasteiger partial charge in [-0.15, -0.1) is 0 Å². The molecule has 1 fully saturated rings. The Morgan fingerprint density at radius 3 is 2.27 bits per heavy atom. The van der Waals surface area contributed by atoms with Crippen LogP contribution in [0, 0.1) is 0 Å². The maximum absolute atomic E-state index is 12.5. The van der Waals surface area contributed by atoms with Gasteiger partial charge in [-0.25, -0.2) is 0 Å². The SMILES string of the molecule is COc1ccc(C2(NC(=O)c3cccc(OC)c3)CC2)cc1. The lowest BCUT2D eigenvalue weighted by Crippen LogP contribution is -2.34. The van der Waals surface area contributed by atoms with Gasteiger partial charge in [-0.2, -0.15) is 0 Å². The predicted octanol–water partition coefficient (Wildman–Crippen LogP) is 3.12. The number of ether oxygens (including phenoxy) is 2. The van der Waals surface area contributed by atoms with Gasteiger partial charge in [0.15, 0.2) is 0 Å². The molecule has 22 heavy (non-hydrogen) atoms. The molecular weight excluding hydrogens is 278 g/mol. The summed E-state index contributed by atoms with van der Waals surface area (Å²) >= 11 is 0. The molecule has 0 atom stereocenters. The molecule has 2 aromatic carbocycles. The summed E-state index contributed by atoms with van der Waals surface area (Å²) in [5, 5.41) is 3.15. The van der Waals surface area contributed by atoms with E-state index in [-0.39, 0.29) is 11.4 Å². The van der Waals surface area contributed by atoms with Crippen molar-refractivity contribution in [2.75, 3.05) is 14.2 Å². The van der Waals surface area contributed by atoms with Gasteiger partial charge in [-0.3, -0.25) is 4.79 Å². The van der Waals surface area contributed by atoms with Gasteiger partial charge >= 0.3 is 0 Å². The first-order valence-electron chi connectivity index (χ1n) is 7.28. The Balaban J connectivity index is 1.77. The number of hydrogen-bond donors (Lipinski definition) is 1. The van der Waals surface area contributed by atoms with E-state index in [9.17, 15) is 4.79 Å². The molecule has 1 amide bonds. The van der Waals surface area contributed by atoms with Crippen molar-refractivity contribution in [1.82, 2.24) is 5.32 Å². The highest BCUT2D eigenvalue weighted by molar-refractivity contribution is 5.95. The van der Waals surface area contributed by atoms with Crippen LogP contribution in [0.1, 0.15) is 28.8 Å². The first kappa shape index (κ1) is 14.4. The molecule has 0 aliphatic heterocycles. The molecule has 0 saturated heterocycles. The summed E-state index contributed by atoms with van der Waals surface area (Å²) in [6.45, 7) is 0. The first-order valence-corrected chi connectivity index (χ1v) is 7.28. The van der Waals surface area contributed by atoms with Crippen molar-refractivity contribution >= 4 is 5.91 Å². The maximum atomic E-state index is 12.5. The Morgan fingerprint density at radius 1 is 1.00 bits per heavy atom. The molecule has 0 heterocycles. The monoisotopic (exact) mass is 297 g/mol. The predicted molar refractivity (Wildman–Crippen MR) is 84.4 cm³/mol. The number of nitrogens with one attached hydrogen (secondary N) is 1. The summed E-state index contributed by atoms with van der Waals surface area (Å²) in [5.41, 5.74) is 1.48. The Morgan fingerprint density at radius 2 is 1.68 bits per heavy atom. The number of amides is 1. The summed E-state index contributed by atoms with van der Waals surface area (Å²) in [6, 6.07) is 15.1. The van der Waals surface area contributed by atoms with Crippen LogP contribution in [0.3, 0.4) is 0 Å². The second kappa shape index (κ2) is 5.72. The maximum Gasteiger partial charge on any atom is 0.252 e. The molecule has 2 aromatic rings. The summed E-state index contributed by atoms with van der Waals surface area (Å²) < 4.78 is 10.3. The van der Waals surface area contributed by atoms with Crippen molar-refractivity contribution in [1.29, 1.82) is 0 Å². The van der Waals surface area contributed by atoms with E-state index < -0.39 is 0 Å². The van der Waals surface area contributed by atoms with Crippen molar-refractivity contribution in [3.05, 3.63) is 59.7 Å². The van der Waals surface area contributed by atoms with Gasteiger partial charge in [0.05, 0.1) is 19.8 Å². The van der Waals surface area contributed by atoms with E-state index in [2.05, 4.69) is 5.32 Å². The van der Waals surface area contributed by atoms with Crippen molar-refractivity contribution in [2.45, 2.75) is 18.4 Å². The van der Waals surface area contributed by atoms with E-state index in [1.54, 1.807) is 26.4 Å². The highest BCUT2D eigenvalue weighted by Crippen LogP contribution is 2.46. The molecule has 3 rings (SSSR count). The van der Waals surface area contributed by atoms with Crippen LogP contribution in [-0.2, 0) is 5.54 Å². The molecule has 114 valence electrons. The number of hydrogen-bond acceptors (Lipinski definition) is 3. The van der Waals surface area contributed by atoms with Crippen molar-refractivity contribution in [3.8, 4) is 11.5 Å². The lowest BCUT2D eigenvalue weighted by Gasteiger charge is -2.18. The molecule has 1 aliphatic rings. The second-order valence-corrected chi connectivity index (χ2v) is 5.50. The second-order valence-electron chi connectivity index (χ2n) is 5.50. The fourth-order valence-corrected chi connectivity index (χ4v) is 2.57. The molecule has 1 saturated carbocycles. The fourth-order valence-electron chi connectivity index (χ4n) is 2.57. The van der Waals surface area contributed by atoms with Crippen molar-refractivity contribution < 1.29 is 14.3 Å².